The zero-order chi connectivity index (χ0) is 14.2. The molecule has 0 aliphatic heterocycles. The summed E-state index contributed by atoms with van der Waals surface area (Å²) in [7, 11) is 0. The highest BCUT2D eigenvalue weighted by Gasteiger charge is 2.06. The molecule has 2 aromatic rings. The quantitative estimate of drug-likeness (QED) is 0.848. The second kappa shape index (κ2) is 7.54. The van der Waals surface area contributed by atoms with Crippen molar-refractivity contribution in [3.63, 3.8) is 0 Å². The van der Waals surface area contributed by atoms with E-state index >= 15 is 0 Å². The molecule has 0 spiro atoms. The van der Waals surface area contributed by atoms with Gasteiger partial charge in [0.1, 0.15) is 5.76 Å². The van der Waals surface area contributed by atoms with E-state index in [1.807, 2.05) is 24.3 Å². The van der Waals surface area contributed by atoms with Crippen molar-refractivity contribution in [2.45, 2.75) is 20.0 Å². The predicted molar refractivity (Wildman–Crippen MR) is 80.9 cm³/mol. The smallest absolute Gasteiger partial charge is 0.117 e. The first-order valence-corrected chi connectivity index (χ1v) is 6.84. The lowest BCUT2D eigenvalue weighted by molar-refractivity contribution is 0.248. The molecule has 2 N–H and O–H groups in total. The minimum Gasteiger partial charge on any atom is -0.468 e. The van der Waals surface area contributed by atoms with Gasteiger partial charge in [-0.15, -0.1) is 0 Å². The molecule has 1 heterocycles. The van der Waals surface area contributed by atoms with Crippen LogP contribution in [0.1, 0.15) is 23.8 Å². The molecule has 1 aromatic carbocycles. The van der Waals surface area contributed by atoms with E-state index in [9.17, 15) is 0 Å². The molecule has 1 aromatic heterocycles. The fraction of sp³-hybridized carbons (Fsp3) is 0.294. The van der Waals surface area contributed by atoms with Gasteiger partial charge in [0.2, 0.25) is 0 Å². The van der Waals surface area contributed by atoms with Gasteiger partial charge in [-0.25, -0.2) is 0 Å². The van der Waals surface area contributed by atoms with Gasteiger partial charge in [0.25, 0.3) is 0 Å². The maximum Gasteiger partial charge on any atom is 0.117 e. The predicted octanol–water partition coefficient (Wildman–Crippen LogP) is 2.61. The first-order valence-electron chi connectivity index (χ1n) is 6.84. The number of rotatable bonds is 5. The average molecular weight is 268 g/mol. The van der Waals surface area contributed by atoms with Crippen molar-refractivity contribution >= 4 is 0 Å². The van der Waals surface area contributed by atoms with Gasteiger partial charge in [-0.1, -0.05) is 30.9 Å². The third-order valence-electron chi connectivity index (χ3n) is 3.07. The van der Waals surface area contributed by atoms with Crippen molar-refractivity contribution < 1.29 is 4.42 Å². The van der Waals surface area contributed by atoms with E-state index < -0.39 is 0 Å². The largest absolute Gasteiger partial charge is 0.468 e. The third-order valence-corrected chi connectivity index (χ3v) is 3.07. The molecular weight excluding hydrogens is 248 g/mol. The Morgan fingerprint density at radius 3 is 2.80 bits per heavy atom. The third kappa shape index (κ3) is 4.27. The molecule has 20 heavy (non-hydrogen) atoms. The van der Waals surface area contributed by atoms with Crippen LogP contribution in [0, 0.1) is 11.8 Å². The number of furan rings is 1. The number of benzene rings is 1. The van der Waals surface area contributed by atoms with E-state index in [2.05, 4.69) is 35.8 Å². The van der Waals surface area contributed by atoms with Gasteiger partial charge in [-0.2, -0.15) is 0 Å². The maximum atomic E-state index is 5.40. The molecule has 0 aliphatic carbocycles. The van der Waals surface area contributed by atoms with E-state index in [1.54, 1.807) is 6.26 Å². The summed E-state index contributed by atoms with van der Waals surface area (Å²) in [5.74, 6) is 6.95. The minimum atomic E-state index is 0.393. The Kier molecular flexibility index (Phi) is 5.43. The fourth-order valence-corrected chi connectivity index (χ4v) is 2.06. The zero-order valence-electron chi connectivity index (χ0n) is 11.8. The Balaban J connectivity index is 2.03. The van der Waals surface area contributed by atoms with E-state index in [1.165, 1.54) is 5.56 Å². The van der Waals surface area contributed by atoms with Crippen molar-refractivity contribution in [1.29, 1.82) is 0 Å². The minimum absolute atomic E-state index is 0.393. The number of hydrogen-bond donors (Lipinski definition) is 1. The Labute approximate surface area is 120 Å². The maximum absolute atomic E-state index is 5.40. The summed E-state index contributed by atoms with van der Waals surface area (Å²) in [5.41, 5.74) is 7.67. The molecule has 0 saturated heterocycles. The highest BCUT2D eigenvalue weighted by Crippen LogP contribution is 2.11. The van der Waals surface area contributed by atoms with Crippen LogP contribution in [0.15, 0.2) is 47.1 Å². The summed E-state index contributed by atoms with van der Waals surface area (Å²) in [6, 6.07) is 12.2. The van der Waals surface area contributed by atoms with E-state index in [4.69, 9.17) is 10.2 Å². The van der Waals surface area contributed by atoms with E-state index in [-0.39, 0.29) is 0 Å². The molecule has 104 valence electrons. The summed E-state index contributed by atoms with van der Waals surface area (Å²) in [4.78, 5) is 2.33. The molecule has 0 unspecified atom stereocenters. The normalized spacial score (nSPS) is 10.3. The summed E-state index contributed by atoms with van der Waals surface area (Å²) >= 11 is 0. The molecule has 3 heteroatoms. The van der Waals surface area contributed by atoms with Crippen LogP contribution in [0.4, 0.5) is 0 Å². The number of nitrogens with zero attached hydrogens (tertiary/aromatic N) is 1. The molecule has 0 bridgehead atoms. The average Bonchev–Trinajstić information content (AvgIpc) is 2.98. The molecule has 0 saturated carbocycles. The second-order valence-corrected chi connectivity index (χ2v) is 4.59. The van der Waals surface area contributed by atoms with Gasteiger partial charge in [0.15, 0.2) is 0 Å². The fourth-order valence-electron chi connectivity index (χ4n) is 2.06. The van der Waals surface area contributed by atoms with Crippen molar-refractivity contribution in [3.05, 3.63) is 59.5 Å². The number of nitrogens with two attached hydrogens (primary N) is 1. The van der Waals surface area contributed by atoms with Crippen molar-refractivity contribution in [3.8, 4) is 11.8 Å². The molecule has 3 nitrogen and oxygen atoms in total. The highest BCUT2D eigenvalue weighted by molar-refractivity contribution is 5.37. The topological polar surface area (TPSA) is 42.4 Å². The summed E-state index contributed by atoms with van der Waals surface area (Å²) in [6.07, 6.45) is 1.71. The van der Waals surface area contributed by atoms with Crippen LogP contribution in [-0.2, 0) is 13.1 Å². The zero-order valence-corrected chi connectivity index (χ0v) is 11.8. The van der Waals surface area contributed by atoms with Crippen LogP contribution in [0.25, 0.3) is 0 Å². The van der Waals surface area contributed by atoms with Gasteiger partial charge >= 0.3 is 0 Å². The molecule has 0 amide bonds. The van der Waals surface area contributed by atoms with E-state index in [0.29, 0.717) is 6.54 Å². The lowest BCUT2D eigenvalue weighted by Gasteiger charge is -2.19. The molecule has 2 rings (SSSR count). The van der Waals surface area contributed by atoms with Crippen molar-refractivity contribution in [1.82, 2.24) is 4.90 Å². The van der Waals surface area contributed by atoms with Crippen LogP contribution < -0.4 is 5.73 Å². The van der Waals surface area contributed by atoms with Gasteiger partial charge in [0.05, 0.1) is 19.4 Å². The van der Waals surface area contributed by atoms with Crippen LogP contribution >= 0.6 is 0 Å². The van der Waals surface area contributed by atoms with Crippen LogP contribution in [-0.4, -0.2) is 18.0 Å². The van der Waals surface area contributed by atoms with Gasteiger partial charge in [0, 0.05) is 12.1 Å². The van der Waals surface area contributed by atoms with Crippen molar-refractivity contribution in [2.75, 3.05) is 13.1 Å². The lowest BCUT2D eigenvalue weighted by atomic mass is 10.1. The van der Waals surface area contributed by atoms with Crippen LogP contribution in [0.5, 0.6) is 0 Å². The monoisotopic (exact) mass is 268 g/mol. The first kappa shape index (κ1) is 14.4. The SMILES string of the molecule is CCN(Cc1cccc(C#CCN)c1)Cc1ccco1. The summed E-state index contributed by atoms with van der Waals surface area (Å²) < 4.78 is 5.40. The Morgan fingerprint density at radius 1 is 1.20 bits per heavy atom. The molecule has 0 radical (unpaired) electrons. The molecular formula is C17H20N2O. The summed E-state index contributed by atoms with van der Waals surface area (Å²) in [5, 5.41) is 0. The highest BCUT2D eigenvalue weighted by atomic mass is 16.3. The molecule has 0 atom stereocenters. The molecule has 0 aliphatic rings. The second-order valence-electron chi connectivity index (χ2n) is 4.59. The van der Waals surface area contributed by atoms with Crippen LogP contribution in [0.2, 0.25) is 0 Å². The molecule has 0 fully saturated rings. The Bertz CT molecular complexity index is 579. The summed E-state index contributed by atoms with van der Waals surface area (Å²) in [6.45, 7) is 5.22. The van der Waals surface area contributed by atoms with Gasteiger partial charge < -0.3 is 10.2 Å². The number of hydrogen-bond acceptors (Lipinski definition) is 3. The Morgan fingerprint density at radius 2 is 2.10 bits per heavy atom. The van der Waals surface area contributed by atoms with E-state index in [0.717, 1.165) is 31.0 Å². The lowest BCUT2D eigenvalue weighted by Crippen LogP contribution is -2.22. The van der Waals surface area contributed by atoms with Gasteiger partial charge in [-0.3, -0.25) is 4.90 Å². The first-order chi connectivity index (χ1) is 9.81. The van der Waals surface area contributed by atoms with Gasteiger partial charge in [-0.05, 0) is 36.4 Å². The Hall–Kier alpha value is -2.02. The standard InChI is InChI=1S/C17H20N2O/c1-2-19(14-17-9-5-11-20-17)13-16-7-3-6-15(12-16)8-4-10-18/h3,5-7,9,11-12H,2,10,13-14,18H2,1H3. The van der Waals surface area contributed by atoms with Crippen molar-refractivity contribution in [2.24, 2.45) is 5.73 Å². The van der Waals surface area contributed by atoms with Crippen LogP contribution in [0.3, 0.4) is 0 Å².